The van der Waals surface area contributed by atoms with Gasteiger partial charge in [0.1, 0.15) is 0 Å². The van der Waals surface area contributed by atoms with Gasteiger partial charge < -0.3 is 20.3 Å². The zero-order chi connectivity index (χ0) is 21.7. The molecule has 1 atom stereocenters. The first kappa shape index (κ1) is 22.2. The highest BCUT2D eigenvalue weighted by Crippen LogP contribution is 2.29. The molecule has 3 rings (SSSR count). The molecule has 162 valence electrons. The molecule has 0 bridgehead atoms. The van der Waals surface area contributed by atoms with Gasteiger partial charge in [-0.3, -0.25) is 9.69 Å². The van der Waals surface area contributed by atoms with Gasteiger partial charge >= 0.3 is 12.0 Å². The number of amides is 3. The summed E-state index contributed by atoms with van der Waals surface area (Å²) in [5, 5.41) is 5.67. The maximum atomic E-state index is 12.9. The fourth-order valence-electron chi connectivity index (χ4n) is 3.68. The number of rotatable bonds is 6. The van der Waals surface area contributed by atoms with Crippen LogP contribution >= 0.6 is 11.8 Å². The van der Waals surface area contributed by atoms with Crippen LogP contribution in [0.4, 0.5) is 4.79 Å². The first-order valence-corrected chi connectivity index (χ1v) is 11.2. The molecule has 9 heteroatoms. The van der Waals surface area contributed by atoms with Crippen LogP contribution in [0.3, 0.4) is 0 Å². The Labute approximate surface area is 181 Å². The Morgan fingerprint density at radius 1 is 1.17 bits per heavy atom. The maximum absolute atomic E-state index is 12.9. The van der Waals surface area contributed by atoms with Gasteiger partial charge in [0, 0.05) is 50.2 Å². The van der Waals surface area contributed by atoms with Crippen LogP contribution in [-0.4, -0.2) is 73.3 Å². The Balaban J connectivity index is 1.89. The monoisotopic (exact) mass is 432 g/mol. The van der Waals surface area contributed by atoms with Crippen molar-refractivity contribution < 1.29 is 19.1 Å². The summed E-state index contributed by atoms with van der Waals surface area (Å²) in [6.45, 7) is 6.59. The smallest absolute Gasteiger partial charge is 0.338 e. The zero-order valence-corrected chi connectivity index (χ0v) is 18.4. The molecule has 2 aliphatic heterocycles. The highest BCUT2D eigenvalue weighted by atomic mass is 32.2. The minimum atomic E-state index is -0.581. The number of carbonyl (C=O) groups excluding carboxylic acids is 3. The van der Waals surface area contributed by atoms with Crippen LogP contribution in [0.15, 0.2) is 40.4 Å². The van der Waals surface area contributed by atoms with Crippen molar-refractivity contribution in [1.29, 1.82) is 0 Å². The number of urea groups is 1. The predicted molar refractivity (Wildman–Crippen MR) is 115 cm³/mol. The molecule has 0 unspecified atom stereocenters. The van der Waals surface area contributed by atoms with Gasteiger partial charge in [-0.25, -0.2) is 9.59 Å². The van der Waals surface area contributed by atoms with Crippen LogP contribution < -0.4 is 10.6 Å². The Bertz CT molecular complexity index is 832. The molecule has 2 heterocycles. The molecule has 1 aromatic rings. The number of esters is 1. The molecule has 8 nitrogen and oxygen atoms in total. The van der Waals surface area contributed by atoms with E-state index in [0.29, 0.717) is 44.0 Å². The molecule has 1 aromatic carbocycles. The summed E-state index contributed by atoms with van der Waals surface area (Å²) in [5.41, 5.74) is 1.79. The molecule has 2 N–H and O–H groups in total. The third-order valence-corrected chi connectivity index (χ3v) is 6.04. The highest BCUT2D eigenvalue weighted by molar-refractivity contribution is 7.98. The quantitative estimate of drug-likeness (QED) is 0.526. The summed E-state index contributed by atoms with van der Waals surface area (Å²) in [6, 6.07) is 6.85. The van der Waals surface area contributed by atoms with Crippen molar-refractivity contribution in [3.8, 4) is 0 Å². The van der Waals surface area contributed by atoms with Gasteiger partial charge in [-0.05, 0) is 30.9 Å². The van der Waals surface area contributed by atoms with E-state index < -0.39 is 12.0 Å². The van der Waals surface area contributed by atoms with Gasteiger partial charge in [-0.2, -0.15) is 0 Å². The van der Waals surface area contributed by atoms with Crippen molar-refractivity contribution in [3.63, 3.8) is 0 Å². The molecule has 0 aliphatic carbocycles. The van der Waals surface area contributed by atoms with Crippen LogP contribution in [0.5, 0.6) is 0 Å². The lowest BCUT2D eigenvalue weighted by atomic mass is 9.95. The van der Waals surface area contributed by atoms with Crippen LogP contribution in [0, 0.1) is 0 Å². The van der Waals surface area contributed by atoms with Crippen LogP contribution in [0.25, 0.3) is 0 Å². The second-order valence-corrected chi connectivity index (χ2v) is 8.08. The molecule has 1 fully saturated rings. The second kappa shape index (κ2) is 9.99. The summed E-state index contributed by atoms with van der Waals surface area (Å²) < 4.78 is 5.32. The van der Waals surface area contributed by atoms with Gasteiger partial charge in [0.2, 0.25) is 5.91 Å². The van der Waals surface area contributed by atoms with Gasteiger partial charge in [0.15, 0.2) is 0 Å². The van der Waals surface area contributed by atoms with Gasteiger partial charge in [0.25, 0.3) is 0 Å². The van der Waals surface area contributed by atoms with E-state index in [-0.39, 0.29) is 18.5 Å². The van der Waals surface area contributed by atoms with E-state index in [1.54, 1.807) is 30.5 Å². The lowest BCUT2D eigenvalue weighted by Crippen LogP contribution is -2.52. The molecular weight excluding hydrogens is 404 g/mol. The lowest BCUT2D eigenvalue weighted by Gasteiger charge is -2.36. The van der Waals surface area contributed by atoms with Crippen molar-refractivity contribution in [2.45, 2.75) is 24.8 Å². The second-order valence-electron chi connectivity index (χ2n) is 7.20. The van der Waals surface area contributed by atoms with Crippen molar-refractivity contribution in [3.05, 3.63) is 41.1 Å². The summed E-state index contributed by atoms with van der Waals surface area (Å²) in [4.78, 5) is 41.9. The van der Waals surface area contributed by atoms with E-state index in [2.05, 4.69) is 15.5 Å². The summed E-state index contributed by atoms with van der Waals surface area (Å²) >= 11 is 1.63. The largest absolute Gasteiger partial charge is 0.463 e. The topological polar surface area (TPSA) is 91.0 Å². The average molecular weight is 433 g/mol. The number of nitrogens with zero attached hydrogens (tertiary/aromatic N) is 2. The molecule has 30 heavy (non-hydrogen) atoms. The molecule has 0 radical (unpaired) electrons. The Hall–Kier alpha value is -2.52. The SMILES string of the molecule is CCOC(=O)C1=C(CN2CCN(C(C)=O)CC2)NC(=O)N[C@H]1c1ccc(SC)cc1. The number of hydrogen-bond acceptors (Lipinski definition) is 6. The Morgan fingerprint density at radius 2 is 1.83 bits per heavy atom. The normalized spacial score (nSPS) is 19.9. The summed E-state index contributed by atoms with van der Waals surface area (Å²) in [7, 11) is 0. The van der Waals surface area contributed by atoms with Crippen molar-refractivity contribution in [1.82, 2.24) is 20.4 Å². The third kappa shape index (κ3) is 5.14. The predicted octanol–water partition coefficient (Wildman–Crippen LogP) is 1.74. The molecule has 1 saturated heterocycles. The van der Waals surface area contributed by atoms with Crippen LogP contribution in [0.1, 0.15) is 25.5 Å². The average Bonchev–Trinajstić information content (AvgIpc) is 2.74. The van der Waals surface area contributed by atoms with Gasteiger partial charge in [-0.1, -0.05) is 12.1 Å². The molecule has 0 spiro atoms. The van der Waals surface area contributed by atoms with E-state index in [1.165, 1.54) is 0 Å². The molecule has 2 aliphatic rings. The number of ether oxygens (including phenoxy) is 1. The summed E-state index contributed by atoms with van der Waals surface area (Å²) in [6.07, 6.45) is 2.00. The summed E-state index contributed by atoms with van der Waals surface area (Å²) in [5.74, 6) is -0.383. The molecule has 0 aromatic heterocycles. The Kier molecular flexibility index (Phi) is 7.38. The Morgan fingerprint density at radius 3 is 2.40 bits per heavy atom. The number of nitrogens with one attached hydrogen (secondary N) is 2. The molecule has 3 amide bonds. The standard InChI is InChI=1S/C21H28N4O4S/c1-4-29-20(27)18-17(13-24-9-11-25(12-10-24)14(2)26)22-21(28)23-19(18)15-5-7-16(30-3)8-6-15/h5-8,19H,4,9-13H2,1-3H3,(H2,22,23,28)/t19-/m0/s1. The van der Waals surface area contributed by atoms with Gasteiger partial charge in [-0.15, -0.1) is 11.8 Å². The number of carbonyl (C=O) groups is 3. The van der Waals surface area contributed by atoms with Crippen LogP contribution in [0.2, 0.25) is 0 Å². The zero-order valence-electron chi connectivity index (χ0n) is 17.6. The number of thioether (sulfide) groups is 1. The first-order valence-electron chi connectivity index (χ1n) is 10.0. The minimum Gasteiger partial charge on any atom is -0.463 e. The molecule has 0 saturated carbocycles. The van der Waals surface area contributed by atoms with Gasteiger partial charge in [0.05, 0.1) is 18.2 Å². The first-order chi connectivity index (χ1) is 14.4. The van der Waals surface area contributed by atoms with E-state index in [1.807, 2.05) is 30.5 Å². The number of benzene rings is 1. The van der Waals surface area contributed by atoms with Crippen LogP contribution in [-0.2, 0) is 14.3 Å². The third-order valence-electron chi connectivity index (χ3n) is 5.30. The fraction of sp³-hybridized carbons (Fsp3) is 0.476. The van der Waals surface area contributed by atoms with E-state index in [9.17, 15) is 14.4 Å². The fourth-order valence-corrected chi connectivity index (χ4v) is 4.09. The van der Waals surface area contributed by atoms with E-state index in [4.69, 9.17) is 4.74 Å². The van der Waals surface area contributed by atoms with Crippen molar-refractivity contribution in [2.75, 3.05) is 45.6 Å². The van der Waals surface area contributed by atoms with E-state index in [0.717, 1.165) is 10.5 Å². The molecular formula is C21H28N4O4S. The number of piperazine rings is 1. The van der Waals surface area contributed by atoms with Crippen molar-refractivity contribution in [2.24, 2.45) is 0 Å². The van der Waals surface area contributed by atoms with Crippen molar-refractivity contribution >= 4 is 29.7 Å². The lowest BCUT2D eigenvalue weighted by molar-refractivity contribution is -0.139. The minimum absolute atomic E-state index is 0.0602. The maximum Gasteiger partial charge on any atom is 0.338 e. The number of hydrogen-bond donors (Lipinski definition) is 2. The van der Waals surface area contributed by atoms with E-state index >= 15 is 0 Å². The highest BCUT2D eigenvalue weighted by Gasteiger charge is 2.34.